The van der Waals surface area contributed by atoms with Crippen LogP contribution in [-0.2, 0) is 23.9 Å². The average molecular weight is 347 g/mol. The molecular weight excluding hydrogens is 335 g/mol. The molecule has 0 spiro atoms. The van der Waals surface area contributed by atoms with E-state index in [0.29, 0.717) is 6.08 Å². The zero-order chi connectivity index (χ0) is 17.1. The smallest absolute Gasteiger partial charge is 0.339 e. The maximum absolute atomic E-state index is 11.6. The van der Waals surface area contributed by atoms with Gasteiger partial charge in [0.25, 0.3) is 0 Å². The molecule has 0 rings (SSSR count). The van der Waals surface area contributed by atoms with Gasteiger partial charge < -0.3 is 14.6 Å². The highest BCUT2D eigenvalue weighted by molar-refractivity contribution is 6.31. The van der Waals surface area contributed by atoms with Gasteiger partial charge in [0.05, 0.1) is 24.5 Å². The molecule has 0 amide bonds. The highest BCUT2D eigenvalue weighted by Gasteiger charge is 2.16. The van der Waals surface area contributed by atoms with E-state index < -0.39 is 29.9 Å². The summed E-state index contributed by atoms with van der Waals surface area (Å²) in [6.45, 7) is 6.64. The molecule has 0 fully saturated rings. The van der Waals surface area contributed by atoms with Crippen molar-refractivity contribution in [3.63, 3.8) is 0 Å². The molecule has 6 nitrogen and oxygen atoms in total. The lowest BCUT2D eigenvalue weighted by molar-refractivity contribution is -0.140. The van der Waals surface area contributed by atoms with Gasteiger partial charge in [0.2, 0.25) is 0 Å². The van der Waals surface area contributed by atoms with E-state index in [-0.39, 0.29) is 10.1 Å². The van der Waals surface area contributed by atoms with Crippen molar-refractivity contribution in [2.45, 2.75) is 6.42 Å². The molecule has 0 bridgehead atoms. The van der Waals surface area contributed by atoms with Crippen LogP contribution in [0.25, 0.3) is 0 Å². The van der Waals surface area contributed by atoms with Crippen LogP contribution in [0.2, 0.25) is 0 Å². The van der Waals surface area contributed by atoms with E-state index in [1.807, 2.05) is 0 Å². The third kappa shape index (κ3) is 10.5. The van der Waals surface area contributed by atoms with Crippen molar-refractivity contribution in [2.75, 3.05) is 0 Å². The summed E-state index contributed by atoms with van der Waals surface area (Å²) in [4.78, 5) is 33.7. The van der Waals surface area contributed by atoms with Gasteiger partial charge in [0.1, 0.15) is 0 Å². The molecule has 0 heterocycles. The molecule has 0 atom stereocenters. The predicted molar refractivity (Wildman–Crippen MR) is 80.8 cm³/mol. The van der Waals surface area contributed by atoms with Crippen LogP contribution in [0.3, 0.4) is 0 Å². The number of allylic oxidation sites excluding steroid dienone is 4. The van der Waals surface area contributed by atoms with Crippen molar-refractivity contribution in [1.29, 1.82) is 0 Å². The number of carboxylic acids is 1. The first-order valence-corrected chi connectivity index (χ1v) is 6.34. The Morgan fingerprint density at radius 2 is 1.50 bits per heavy atom. The first-order chi connectivity index (χ1) is 10.2. The Morgan fingerprint density at radius 3 is 1.95 bits per heavy atom. The third-order valence-corrected chi connectivity index (χ3v) is 2.00. The fraction of sp³-hybridized carbons (Fsp3) is 0.0714. The SMILES string of the molecule is C=C(Cl)C=COC(=O)/C=C(/CC(=O)O)C(=O)OC=CC(=C)Cl. The van der Waals surface area contributed by atoms with Gasteiger partial charge in [0.15, 0.2) is 0 Å². The van der Waals surface area contributed by atoms with Gasteiger partial charge in [0, 0.05) is 16.1 Å². The first kappa shape index (κ1) is 19.7. The maximum Gasteiger partial charge on any atom is 0.339 e. The Hall–Kier alpha value is -2.31. The molecule has 0 unspecified atom stereocenters. The highest BCUT2D eigenvalue weighted by Crippen LogP contribution is 2.07. The standard InChI is InChI=1S/C14H12Cl2O6/c1-9(15)3-5-21-13(19)8-11(7-12(17)18)14(20)22-6-4-10(2)16/h3-6,8H,1-2,7H2,(H,17,18)/b5-3?,6-4?,11-8-. The van der Waals surface area contributed by atoms with Gasteiger partial charge >= 0.3 is 17.9 Å². The van der Waals surface area contributed by atoms with Crippen molar-refractivity contribution in [3.05, 3.63) is 59.5 Å². The minimum atomic E-state index is -1.33. The van der Waals surface area contributed by atoms with Gasteiger partial charge in [-0.3, -0.25) is 4.79 Å². The zero-order valence-corrected chi connectivity index (χ0v) is 12.8. The molecule has 118 valence electrons. The summed E-state index contributed by atoms with van der Waals surface area (Å²) in [6, 6.07) is 0. The van der Waals surface area contributed by atoms with E-state index in [0.717, 1.165) is 12.5 Å². The molecule has 0 aromatic carbocycles. The van der Waals surface area contributed by atoms with Crippen molar-refractivity contribution in [1.82, 2.24) is 0 Å². The van der Waals surface area contributed by atoms with Crippen molar-refractivity contribution in [3.8, 4) is 0 Å². The molecule has 0 aliphatic heterocycles. The highest BCUT2D eigenvalue weighted by atomic mass is 35.5. The summed E-state index contributed by atoms with van der Waals surface area (Å²) in [6.07, 6.45) is 4.18. The van der Waals surface area contributed by atoms with Crippen molar-refractivity contribution in [2.24, 2.45) is 0 Å². The lowest BCUT2D eigenvalue weighted by Crippen LogP contribution is -2.11. The molecule has 0 aromatic rings. The van der Waals surface area contributed by atoms with E-state index in [9.17, 15) is 14.4 Å². The number of carboxylic acid groups (broad SMARTS) is 1. The molecule has 0 saturated carbocycles. The van der Waals surface area contributed by atoms with Crippen LogP contribution in [0.4, 0.5) is 0 Å². The van der Waals surface area contributed by atoms with E-state index in [2.05, 4.69) is 22.6 Å². The lowest BCUT2D eigenvalue weighted by Gasteiger charge is -2.02. The number of carbonyl (C=O) groups excluding carboxylic acids is 2. The van der Waals surface area contributed by atoms with E-state index in [1.54, 1.807) is 0 Å². The third-order valence-electron chi connectivity index (χ3n) is 1.75. The van der Waals surface area contributed by atoms with Gasteiger partial charge in [-0.15, -0.1) is 0 Å². The minimum Gasteiger partial charge on any atom is -0.481 e. The van der Waals surface area contributed by atoms with E-state index in [4.69, 9.17) is 28.3 Å². The van der Waals surface area contributed by atoms with Crippen LogP contribution < -0.4 is 0 Å². The van der Waals surface area contributed by atoms with Gasteiger partial charge in [-0.05, 0) is 12.2 Å². The van der Waals surface area contributed by atoms with Crippen molar-refractivity contribution >= 4 is 41.1 Å². The number of rotatable bonds is 8. The van der Waals surface area contributed by atoms with Crippen LogP contribution in [0.1, 0.15) is 6.42 Å². The second kappa shape index (κ2) is 10.4. The summed E-state index contributed by atoms with van der Waals surface area (Å²) in [7, 11) is 0. The number of carbonyl (C=O) groups is 3. The normalized spacial score (nSPS) is 11.5. The number of ether oxygens (including phenoxy) is 2. The van der Waals surface area contributed by atoms with Crippen LogP contribution >= 0.6 is 23.2 Å². The fourth-order valence-corrected chi connectivity index (χ4v) is 1.04. The summed E-state index contributed by atoms with van der Waals surface area (Å²) in [5, 5.41) is 8.93. The molecular formula is C14H12Cl2O6. The summed E-state index contributed by atoms with van der Waals surface area (Å²) in [5.74, 6) is -3.35. The van der Waals surface area contributed by atoms with E-state index in [1.165, 1.54) is 12.2 Å². The maximum atomic E-state index is 11.6. The molecule has 0 radical (unpaired) electrons. The molecule has 0 aromatic heterocycles. The number of aliphatic carboxylic acids is 1. The number of hydrogen-bond acceptors (Lipinski definition) is 5. The molecule has 8 heteroatoms. The lowest BCUT2D eigenvalue weighted by atomic mass is 10.2. The van der Waals surface area contributed by atoms with Gasteiger partial charge in [-0.25, -0.2) is 9.59 Å². The molecule has 1 N–H and O–H groups in total. The second-order valence-electron chi connectivity index (χ2n) is 3.58. The quantitative estimate of drug-likeness (QED) is 0.314. The Bertz CT molecular complexity index is 572. The van der Waals surface area contributed by atoms with Gasteiger partial charge in [-0.1, -0.05) is 36.4 Å². The first-order valence-electron chi connectivity index (χ1n) is 5.58. The molecule has 0 aliphatic carbocycles. The Kier molecular flexibility index (Phi) is 9.33. The predicted octanol–water partition coefficient (Wildman–Crippen LogP) is 3.01. The van der Waals surface area contributed by atoms with Crippen LogP contribution in [0.5, 0.6) is 0 Å². The van der Waals surface area contributed by atoms with Crippen LogP contribution in [0, 0.1) is 0 Å². The summed E-state index contributed by atoms with van der Waals surface area (Å²) < 4.78 is 9.16. The second-order valence-corrected chi connectivity index (χ2v) is 4.55. The topological polar surface area (TPSA) is 89.9 Å². The average Bonchev–Trinajstić information content (AvgIpc) is 2.36. The zero-order valence-electron chi connectivity index (χ0n) is 11.3. The Morgan fingerprint density at radius 1 is 1.00 bits per heavy atom. The minimum absolute atomic E-state index is 0.0995. The van der Waals surface area contributed by atoms with Crippen molar-refractivity contribution < 1.29 is 29.0 Å². The molecule has 0 aliphatic rings. The largest absolute Gasteiger partial charge is 0.481 e. The summed E-state index contributed by atoms with van der Waals surface area (Å²) >= 11 is 10.8. The van der Waals surface area contributed by atoms with Crippen LogP contribution in [-0.4, -0.2) is 23.0 Å². The van der Waals surface area contributed by atoms with Crippen LogP contribution in [0.15, 0.2) is 59.5 Å². The Labute approximate surface area is 136 Å². The fourth-order valence-electron chi connectivity index (χ4n) is 0.942. The monoisotopic (exact) mass is 346 g/mol. The summed E-state index contributed by atoms with van der Waals surface area (Å²) in [5.41, 5.74) is -0.416. The van der Waals surface area contributed by atoms with Gasteiger partial charge in [-0.2, -0.15) is 0 Å². The van der Waals surface area contributed by atoms with E-state index >= 15 is 0 Å². The number of hydrogen-bond donors (Lipinski definition) is 1. The molecule has 0 saturated heterocycles. The number of esters is 2. The Balaban J connectivity index is 4.94. The number of halogens is 2. The molecule has 22 heavy (non-hydrogen) atoms.